The van der Waals surface area contributed by atoms with E-state index in [9.17, 15) is 14.9 Å². The van der Waals surface area contributed by atoms with Gasteiger partial charge in [0.2, 0.25) is 0 Å². The van der Waals surface area contributed by atoms with E-state index in [4.69, 9.17) is 9.47 Å². The van der Waals surface area contributed by atoms with Crippen LogP contribution in [-0.4, -0.2) is 23.8 Å². The van der Waals surface area contributed by atoms with Crippen molar-refractivity contribution >= 4 is 44.5 Å². The lowest BCUT2D eigenvalue weighted by Gasteiger charge is -2.05. The van der Waals surface area contributed by atoms with E-state index in [1.807, 2.05) is 30.3 Å². The third kappa shape index (κ3) is 4.26. The van der Waals surface area contributed by atoms with Crippen molar-refractivity contribution in [1.82, 2.24) is 4.98 Å². The highest BCUT2D eigenvalue weighted by molar-refractivity contribution is 7.26. The van der Waals surface area contributed by atoms with Crippen molar-refractivity contribution in [2.45, 2.75) is 20.5 Å². The van der Waals surface area contributed by atoms with Gasteiger partial charge in [0.1, 0.15) is 28.3 Å². The Morgan fingerprint density at radius 3 is 2.53 bits per heavy atom. The fourth-order valence-corrected chi connectivity index (χ4v) is 5.28. The van der Waals surface area contributed by atoms with Crippen molar-refractivity contribution in [2.24, 2.45) is 0 Å². The second-order valence-electron chi connectivity index (χ2n) is 7.08. The first-order valence-electron chi connectivity index (χ1n) is 9.66. The van der Waals surface area contributed by atoms with Gasteiger partial charge in [0.15, 0.2) is 5.78 Å². The van der Waals surface area contributed by atoms with Gasteiger partial charge < -0.3 is 9.47 Å². The van der Waals surface area contributed by atoms with Crippen LogP contribution in [0.25, 0.3) is 20.0 Å². The number of esters is 1. The molecule has 6 nitrogen and oxygen atoms in total. The first-order chi connectivity index (χ1) is 15.4. The number of Topliss-reactive ketones (excluding diaryl/α,β-unsaturated/α-hetero) is 1. The number of ketones is 1. The number of carbonyl (C=O) groups excluding carboxylic acids is 2. The summed E-state index contributed by atoms with van der Waals surface area (Å²) in [6.07, 6.45) is 0. The lowest BCUT2D eigenvalue weighted by atomic mass is 10.1. The molecule has 0 atom stereocenters. The molecule has 8 heteroatoms. The summed E-state index contributed by atoms with van der Waals surface area (Å²) >= 11 is 2.68. The van der Waals surface area contributed by atoms with Crippen LogP contribution >= 0.6 is 22.7 Å². The molecule has 0 aliphatic carbocycles. The smallest absolute Gasteiger partial charge is 0.350 e. The largest absolute Gasteiger partial charge is 0.497 e. The second kappa shape index (κ2) is 8.91. The Morgan fingerprint density at radius 1 is 1.12 bits per heavy atom. The van der Waals surface area contributed by atoms with E-state index < -0.39 is 5.97 Å². The van der Waals surface area contributed by atoms with E-state index in [0.29, 0.717) is 26.7 Å². The number of hydrogen-bond donors (Lipinski definition) is 0. The van der Waals surface area contributed by atoms with Crippen molar-refractivity contribution in [3.05, 3.63) is 69.7 Å². The van der Waals surface area contributed by atoms with Gasteiger partial charge in [-0.25, -0.2) is 9.78 Å². The average Bonchev–Trinajstić information content (AvgIpc) is 3.40. The lowest BCUT2D eigenvalue weighted by molar-refractivity contribution is 0.0477. The summed E-state index contributed by atoms with van der Waals surface area (Å²) in [5.41, 5.74) is 2.40. The predicted octanol–water partition coefficient (Wildman–Crippen LogP) is 5.77. The van der Waals surface area contributed by atoms with Crippen LogP contribution < -0.4 is 4.74 Å². The molecule has 0 saturated heterocycles. The highest BCUT2D eigenvalue weighted by Gasteiger charge is 2.20. The van der Waals surface area contributed by atoms with Gasteiger partial charge in [-0.3, -0.25) is 4.79 Å². The molecule has 2 aromatic carbocycles. The molecule has 0 spiro atoms. The second-order valence-corrected chi connectivity index (χ2v) is 9.13. The Bertz CT molecular complexity index is 1380. The zero-order chi connectivity index (χ0) is 22.8. The molecule has 160 valence electrons. The van der Waals surface area contributed by atoms with Gasteiger partial charge >= 0.3 is 5.97 Å². The molecule has 4 aromatic rings. The van der Waals surface area contributed by atoms with Crippen LogP contribution in [-0.2, 0) is 11.3 Å². The van der Waals surface area contributed by atoms with Gasteiger partial charge in [0.05, 0.1) is 27.9 Å². The standard InChI is InChI=1S/C24H18N2O4S2/c1-13-21(24(28)30-12-15-4-6-19(29-3)7-5-15)32-23(26-13)20-10-17-8-16(14(2)27)9-18(11-25)22(17)31-20/h4-10H,12H2,1-3H3. The van der Waals surface area contributed by atoms with E-state index in [1.165, 1.54) is 29.6 Å². The highest BCUT2D eigenvalue weighted by Crippen LogP contribution is 2.38. The molecule has 0 amide bonds. The fraction of sp³-hybridized carbons (Fsp3) is 0.167. The number of fused-ring (bicyclic) bond motifs is 1. The minimum absolute atomic E-state index is 0.0943. The van der Waals surface area contributed by atoms with Gasteiger partial charge in [-0.05, 0) is 55.1 Å². The predicted molar refractivity (Wildman–Crippen MR) is 125 cm³/mol. The van der Waals surface area contributed by atoms with Gasteiger partial charge in [-0.2, -0.15) is 5.26 Å². The molecular weight excluding hydrogens is 444 g/mol. The Labute approximate surface area is 192 Å². The summed E-state index contributed by atoms with van der Waals surface area (Å²) < 4.78 is 11.4. The maximum absolute atomic E-state index is 12.6. The number of nitriles is 1. The number of rotatable bonds is 6. The van der Waals surface area contributed by atoms with E-state index >= 15 is 0 Å². The number of thiazole rings is 1. The molecule has 0 unspecified atom stereocenters. The maximum Gasteiger partial charge on any atom is 0.350 e. The molecule has 32 heavy (non-hydrogen) atoms. The Hall–Kier alpha value is -3.54. The van der Waals surface area contributed by atoms with Crippen LogP contribution in [0, 0.1) is 18.3 Å². The van der Waals surface area contributed by atoms with E-state index in [-0.39, 0.29) is 12.4 Å². The third-order valence-corrected chi connectivity index (χ3v) is 7.36. The Balaban J connectivity index is 1.58. The lowest BCUT2D eigenvalue weighted by Crippen LogP contribution is -2.04. The number of hydrogen-bond acceptors (Lipinski definition) is 8. The van der Waals surface area contributed by atoms with Crippen molar-refractivity contribution in [1.29, 1.82) is 5.26 Å². The SMILES string of the molecule is COc1ccc(COC(=O)c2sc(-c3cc4cc(C(C)=O)cc(C#N)c4s3)nc2C)cc1. The zero-order valence-corrected chi connectivity index (χ0v) is 19.2. The molecule has 0 N–H and O–H groups in total. The van der Waals surface area contributed by atoms with Crippen molar-refractivity contribution in [2.75, 3.05) is 7.11 Å². The Morgan fingerprint density at radius 2 is 1.88 bits per heavy atom. The molecule has 4 rings (SSSR count). The van der Waals surface area contributed by atoms with Crippen LogP contribution in [0.4, 0.5) is 0 Å². The van der Waals surface area contributed by atoms with Crippen LogP contribution in [0.5, 0.6) is 5.75 Å². The first-order valence-corrected chi connectivity index (χ1v) is 11.3. The normalized spacial score (nSPS) is 10.7. The first kappa shape index (κ1) is 21.7. The molecule has 2 heterocycles. The van der Waals surface area contributed by atoms with Crippen molar-refractivity contribution in [3.63, 3.8) is 0 Å². The fourth-order valence-electron chi connectivity index (χ4n) is 3.17. The summed E-state index contributed by atoms with van der Waals surface area (Å²) in [5, 5.41) is 11.0. The van der Waals surface area contributed by atoms with Gasteiger partial charge in [0, 0.05) is 5.56 Å². The Kier molecular flexibility index (Phi) is 6.04. The molecule has 0 aliphatic rings. The zero-order valence-electron chi connectivity index (χ0n) is 17.6. The summed E-state index contributed by atoms with van der Waals surface area (Å²) in [7, 11) is 1.60. The van der Waals surface area contributed by atoms with Crippen molar-refractivity contribution in [3.8, 4) is 21.7 Å². The molecule has 0 bridgehead atoms. The van der Waals surface area contributed by atoms with Crippen molar-refractivity contribution < 1.29 is 19.1 Å². The summed E-state index contributed by atoms with van der Waals surface area (Å²) in [5.74, 6) is 0.212. The number of methoxy groups -OCH3 is 1. The average molecular weight is 463 g/mol. The molecule has 2 aromatic heterocycles. The third-order valence-electron chi connectivity index (χ3n) is 4.87. The molecular formula is C24H18N2O4S2. The maximum atomic E-state index is 12.6. The topological polar surface area (TPSA) is 89.3 Å². The highest BCUT2D eigenvalue weighted by atomic mass is 32.1. The number of aromatic nitrogens is 1. The minimum atomic E-state index is -0.431. The molecule has 0 radical (unpaired) electrons. The van der Waals surface area contributed by atoms with E-state index in [1.54, 1.807) is 26.2 Å². The van der Waals surface area contributed by atoms with Gasteiger partial charge in [0.25, 0.3) is 0 Å². The summed E-state index contributed by atoms with van der Waals surface area (Å²) in [6.45, 7) is 3.40. The summed E-state index contributed by atoms with van der Waals surface area (Å²) in [6, 6.07) is 14.8. The molecule has 0 fully saturated rings. The van der Waals surface area contributed by atoms with Crippen LogP contribution in [0.1, 0.15) is 43.8 Å². The number of nitrogens with zero attached hydrogens (tertiary/aromatic N) is 2. The van der Waals surface area contributed by atoms with Crippen LogP contribution in [0.3, 0.4) is 0 Å². The van der Waals surface area contributed by atoms with E-state index in [2.05, 4.69) is 11.1 Å². The van der Waals surface area contributed by atoms with E-state index in [0.717, 1.165) is 26.3 Å². The number of thiophene rings is 1. The monoisotopic (exact) mass is 462 g/mol. The van der Waals surface area contributed by atoms with Gasteiger partial charge in [-0.1, -0.05) is 12.1 Å². The van der Waals surface area contributed by atoms with Crippen LogP contribution in [0.15, 0.2) is 42.5 Å². The molecule has 0 aliphatic heterocycles. The minimum Gasteiger partial charge on any atom is -0.497 e. The van der Waals surface area contributed by atoms with Gasteiger partial charge in [-0.15, -0.1) is 22.7 Å². The quantitative estimate of drug-likeness (QED) is 0.267. The number of aryl methyl sites for hydroxylation is 1. The summed E-state index contributed by atoms with van der Waals surface area (Å²) in [4.78, 5) is 30.2. The van der Waals surface area contributed by atoms with Crippen LogP contribution in [0.2, 0.25) is 0 Å². The number of ether oxygens (including phenoxy) is 2. The number of benzene rings is 2. The number of carbonyl (C=O) groups is 2. The molecule has 0 saturated carbocycles.